The molecule has 9 nitrogen and oxygen atoms in total. The van der Waals surface area contributed by atoms with E-state index in [1.54, 1.807) is 0 Å². The van der Waals surface area contributed by atoms with Gasteiger partial charge in [0.05, 0.1) is 32.8 Å². The van der Waals surface area contributed by atoms with Gasteiger partial charge in [0.15, 0.2) is 18.5 Å². The Morgan fingerprint density at radius 2 is 1.82 bits per heavy atom. The highest BCUT2D eigenvalue weighted by Crippen LogP contribution is 2.40. The van der Waals surface area contributed by atoms with Crippen molar-refractivity contribution >= 4 is 57.0 Å². The smallest absolute Gasteiger partial charge is 0.341 e. The van der Waals surface area contributed by atoms with Crippen LogP contribution >= 0.6 is 32.9 Å². The largest absolute Gasteiger partial charge is 0.466 e. The van der Waals surface area contributed by atoms with E-state index in [1.807, 2.05) is 51.9 Å². The Bertz CT molecular complexity index is 1420. The van der Waals surface area contributed by atoms with Gasteiger partial charge >= 0.3 is 18.0 Å². The highest BCUT2D eigenvalue weighted by Gasteiger charge is 2.22. The van der Waals surface area contributed by atoms with Gasteiger partial charge in [0.1, 0.15) is 24.6 Å². The summed E-state index contributed by atoms with van der Waals surface area (Å²) in [7, 11) is 3.91. The van der Waals surface area contributed by atoms with Crippen LogP contribution in [0.4, 0.5) is 0 Å². The number of aromatic nitrogens is 1. The first kappa shape index (κ1) is 40.1. The molecule has 0 spiro atoms. The van der Waals surface area contributed by atoms with Gasteiger partial charge in [-0.1, -0.05) is 40.0 Å². The van der Waals surface area contributed by atoms with Gasteiger partial charge in [-0.25, -0.2) is 11.1 Å². The molecule has 3 heterocycles. The lowest BCUT2D eigenvalue weighted by atomic mass is 10.1. The number of nitrogens with zero attached hydrogens (tertiary/aromatic N) is 3. The number of carbonyl (C=O) groups excluding carboxylic acids is 2. The lowest BCUT2D eigenvalue weighted by molar-refractivity contribution is -0.697. The number of ether oxygens (including phenoxy) is 4. The maximum absolute atomic E-state index is 12.1. The number of esters is 2. The minimum absolute atomic E-state index is 0.182. The van der Waals surface area contributed by atoms with E-state index in [1.165, 1.54) is 23.5 Å². The molecule has 2 aromatic rings. The van der Waals surface area contributed by atoms with Crippen LogP contribution in [0.5, 0.6) is 0 Å². The van der Waals surface area contributed by atoms with Gasteiger partial charge in [-0.05, 0) is 56.2 Å². The summed E-state index contributed by atoms with van der Waals surface area (Å²) in [6, 6.07) is 7.25. The van der Waals surface area contributed by atoms with E-state index in [0.29, 0.717) is 17.9 Å². The SMILES string of the molecule is [C-]#[N+]C(C#N)c1sc(/C=C/c2cc[n+](CCCCCCOC(=O)CCOCC#C)cc2)cc1COCCOC(=O)CCCCC1CCSS1. The Morgan fingerprint density at radius 3 is 2.57 bits per heavy atom. The molecule has 0 aromatic carbocycles. The van der Waals surface area contributed by atoms with Crippen LogP contribution in [0, 0.1) is 30.2 Å². The molecule has 1 aliphatic heterocycles. The van der Waals surface area contributed by atoms with Crippen molar-refractivity contribution in [3.05, 3.63) is 62.9 Å². The molecule has 0 N–H and O–H groups in total. The highest BCUT2D eigenvalue weighted by molar-refractivity contribution is 8.77. The molecule has 2 atom stereocenters. The number of nitriles is 1. The van der Waals surface area contributed by atoms with E-state index in [2.05, 4.69) is 33.8 Å². The normalized spacial score (nSPS) is 14.6. The molecule has 0 bridgehead atoms. The minimum Gasteiger partial charge on any atom is -0.466 e. The zero-order chi connectivity index (χ0) is 34.9. The van der Waals surface area contributed by atoms with Crippen LogP contribution in [0.3, 0.4) is 0 Å². The van der Waals surface area contributed by atoms with Gasteiger partial charge in [0, 0.05) is 46.4 Å². The van der Waals surface area contributed by atoms with E-state index >= 15 is 0 Å². The van der Waals surface area contributed by atoms with Gasteiger partial charge in [0.2, 0.25) is 0 Å². The summed E-state index contributed by atoms with van der Waals surface area (Å²) in [5, 5.41) is 10.3. The van der Waals surface area contributed by atoms with Crippen molar-refractivity contribution in [1.82, 2.24) is 0 Å². The maximum Gasteiger partial charge on any atom is 0.341 e. The topological polar surface area (TPSA) is 103 Å². The lowest BCUT2D eigenvalue weighted by Gasteiger charge is -2.08. The van der Waals surface area contributed by atoms with Crippen molar-refractivity contribution in [2.24, 2.45) is 0 Å². The number of hydrogen-bond donors (Lipinski definition) is 0. The molecule has 0 saturated carbocycles. The number of unbranched alkanes of at least 4 members (excludes halogenated alkanes) is 4. The quantitative estimate of drug-likeness (QED) is 0.0270. The van der Waals surface area contributed by atoms with Crippen LogP contribution in [0.25, 0.3) is 17.0 Å². The fourth-order valence-corrected chi connectivity index (χ4v) is 9.00. The Kier molecular flexibility index (Phi) is 20.3. The fraction of sp³-hybridized carbons (Fsp3) is 0.541. The summed E-state index contributed by atoms with van der Waals surface area (Å²) in [6.45, 7) is 9.95. The Hall–Kier alpha value is -3.31. The van der Waals surface area contributed by atoms with Crippen molar-refractivity contribution in [3.8, 4) is 18.4 Å². The van der Waals surface area contributed by atoms with Crippen LogP contribution < -0.4 is 4.57 Å². The molecule has 1 fully saturated rings. The molecule has 262 valence electrons. The van der Waals surface area contributed by atoms with Crippen LogP contribution in [0.2, 0.25) is 0 Å². The number of rotatable bonds is 24. The zero-order valence-electron chi connectivity index (χ0n) is 28.0. The third kappa shape index (κ3) is 16.8. The molecule has 0 radical (unpaired) electrons. The van der Waals surface area contributed by atoms with E-state index in [9.17, 15) is 14.9 Å². The molecular formula is C37H46N3O6S3+. The van der Waals surface area contributed by atoms with Crippen LogP contribution in [-0.2, 0) is 41.7 Å². The molecule has 2 unspecified atom stereocenters. The lowest BCUT2D eigenvalue weighted by Crippen LogP contribution is -2.32. The minimum atomic E-state index is -0.889. The molecule has 1 saturated heterocycles. The molecular weight excluding hydrogens is 679 g/mol. The first-order valence-corrected chi connectivity index (χ1v) is 20.0. The summed E-state index contributed by atoms with van der Waals surface area (Å²) in [6.07, 6.45) is 22.1. The number of pyridine rings is 1. The second-order valence-electron chi connectivity index (χ2n) is 11.4. The number of thiophene rings is 1. The second kappa shape index (κ2) is 24.8. The molecule has 1 aliphatic rings. The van der Waals surface area contributed by atoms with Crippen LogP contribution in [0.1, 0.15) is 91.1 Å². The van der Waals surface area contributed by atoms with Crippen molar-refractivity contribution in [2.75, 3.05) is 38.8 Å². The standard InChI is InChI=1S/C37H46N3O6S3/c1-3-21-43-23-16-36(42)45-22-9-5-4-8-18-40-19-14-30(15-20-40)12-13-33-27-31(37(48-33)34(28-38)39-2)29-44-24-25-46-35(41)11-7-6-10-32-17-26-47-49-32/h1,12-15,19-20,27,32,34H,4-11,16-18,21-26,29H2/q+1/b13-12+. The van der Waals surface area contributed by atoms with E-state index in [-0.39, 0.29) is 51.4 Å². The predicted molar refractivity (Wildman–Crippen MR) is 196 cm³/mol. The number of carbonyl (C=O) groups is 2. The third-order valence-corrected chi connectivity index (χ3v) is 11.8. The summed E-state index contributed by atoms with van der Waals surface area (Å²) in [4.78, 5) is 28.8. The number of aryl methyl sites for hydroxylation is 1. The van der Waals surface area contributed by atoms with Gasteiger partial charge < -0.3 is 18.9 Å². The summed E-state index contributed by atoms with van der Waals surface area (Å²) >= 11 is 1.42. The van der Waals surface area contributed by atoms with Gasteiger partial charge in [-0.15, -0.1) is 17.8 Å². The Balaban J connectivity index is 1.34. The summed E-state index contributed by atoms with van der Waals surface area (Å²) in [5.74, 6) is 3.13. The monoisotopic (exact) mass is 724 g/mol. The summed E-state index contributed by atoms with van der Waals surface area (Å²) < 4.78 is 23.5. The van der Waals surface area contributed by atoms with E-state index < -0.39 is 6.04 Å². The van der Waals surface area contributed by atoms with Crippen LogP contribution in [-0.4, -0.2) is 56.0 Å². The Labute approximate surface area is 302 Å². The van der Waals surface area contributed by atoms with Crippen molar-refractivity contribution in [2.45, 2.75) is 88.7 Å². The number of hydrogen-bond acceptors (Lipinski definition) is 10. The summed E-state index contributed by atoms with van der Waals surface area (Å²) in [5.41, 5.74) is 1.84. The molecule has 0 amide bonds. The molecule has 12 heteroatoms. The average molecular weight is 725 g/mol. The first-order chi connectivity index (χ1) is 24.0. The Morgan fingerprint density at radius 1 is 1.02 bits per heavy atom. The number of terminal acetylenes is 1. The average Bonchev–Trinajstić information content (AvgIpc) is 3.78. The first-order valence-electron chi connectivity index (χ1n) is 16.8. The molecule has 2 aromatic heterocycles. The van der Waals surface area contributed by atoms with Gasteiger partial charge in [-0.2, -0.15) is 5.26 Å². The van der Waals surface area contributed by atoms with E-state index in [0.717, 1.165) is 72.7 Å². The van der Waals surface area contributed by atoms with Gasteiger partial charge in [-0.3, -0.25) is 14.4 Å². The second-order valence-corrected chi connectivity index (χ2v) is 15.3. The zero-order valence-corrected chi connectivity index (χ0v) is 30.5. The highest BCUT2D eigenvalue weighted by atomic mass is 33.1. The van der Waals surface area contributed by atoms with Crippen molar-refractivity contribution in [3.63, 3.8) is 0 Å². The van der Waals surface area contributed by atoms with Crippen LogP contribution in [0.15, 0.2) is 30.6 Å². The van der Waals surface area contributed by atoms with Crippen molar-refractivity contribution < 1.29 is 33.1 Å². The fourth-order valence-electron chi connectivity index (χ4n) is 4.91. The molecule has 49 heavy (non-hydrogen) atoms. The van der Waals surface area contributed by atoms with Gasteiger partial charge in [0.25, 0.3) is 0 Å². The molecule has 3 rings (SSSR count). The third-order valence-electron chi connectivity index (χ3n) is 7.56. The molecule has 0 aliphatic carbocycles. The van der Waals surface area contributed by atoms with Crippen molar-refractivity contribution in [1.29, 1.82) is 5.26 Å². The predicted octanol–water partition coefficient (Wildman–Crippen LogP) is 7.61. The maximum atomic E-state index is 12.1. The van der Waals surface area contributed by atoms with E-state index in [4.69, 9.17) is 31.9 Å².